The highest BCUT2D eigenvalue weighted by Gasteiger charge is 2.19. The van der Waals surface area contributed by atoms with E-state index in [-0.39, 0.29) is 5.75 Å². The molecule has 0 fully saturated rings. The molecule has 0 saturated heterocycles. The van der Waals surface area contributed by atoms with Crippen LogP contribution in [0.1, 0.15) is 24.1 Å². The van der Waals surface area contributed by atoms with E-state index in [0.29, 0.717) is 27.1 Å². The van der Waals surface area contributed by atoms with Gasteiger partial charge in [0.1, 0.15) is 0 Å². The number of sulfonamides is 1. The third kappa shape index (κ3) is 5.25. The fraction of sp³-hybridized carbons (Fsp3) is 0.294. The first-order chi connectivity index (χ1) is 11.8. The Morgan fingerprint density at radius 2 is 1.72 bits per heavy atom. The summed E-state index contributed by atoms with van der Waals surface area (Å²) in [4.78, 5) is 0. The van der Waals surface area contributed by atoms with Crippen molar-refractivity contribution < 1.29 is 17.9 Å². The molecule has 2 rings (SSSR count). The summed E-state index contributed by atoms with van der Waals surface area (Å²) in [5, 5.41) is 0.773. The monoisotopic (exact) mass is 403 g/mol. The van der Waals surface area contributed by atoms with Gasteiger partial charge in [0.2, 0.25) is 10.0 Å². The van der Waals surface area contributed by atoms with Crippen molar-refractivity contribution in [2.45, 2.75) is 18.7 Å². The van der Waals surface area contributed by atoms with Crippen molar-refractivity contribution in [2.24, 2.45) is 0 Å². The van der Waals surface area contributed by atoms with Crippen LogP contribution in [0.25, 0.3) is 0 Å². The molecule has 0 aliphatic rings. The Balaban J connectivity index is 2.16. The van der Waals surface area contributed by atoms with E-state index in [1.54, 1.807) is 44.4 Å². The lowest BCUT2D eigenvalue weighted by atomic mass is 10.1. The van der Waals surface area contributed by atoms with Gasteiger partial charge in [0.05, 0.1) is 20.0 Å². The molecule has 5 nitrogen and oxygen atoms in total. The molecule has 2 aromatic carbocycles. The van der Waals surface area contributed by atoms with Crippen LogP contribution in [0.2, 0.25) is 10.0 Å². The normalized spacial score (nSPS) is 12.7. The smallest absolute Gasteiger partial charge is 0.216 e. The zero-order valence-corrected chi connectivity index (χ0v) is 16.4. The van der Waals surface area contributed by atoms with Crippen molar-refractivity contribution in [1.29, 1.82) is 0 Å². The Hall–Kier alpha value is -1.47. The van der Waals surface area contributed by atoms with E-state index in [9.17, 15) is 8.42 Å². The average molecular weight is 404 g/mol. The van der Waals surface area contributed by atoms with Crippen LogP contribution >= 0.6 is 23.2 Å². The van der Waals surface area contributed by atoms with E-state index in [1.807, 2.05) is 0 Å². The van der Waals surface area contributed by atoms with Crippen LogP contribution in [0.5, 0.6) is 11.5 Å². The predicted octanol–water partition coefficient (Wildman–Crippen LogP) is 4.19. The quantitative estimate of drug-likeness (QED) is 0.752. The third-order valence-corrected chi connectivity index (χ3v) is 5.62. The maximum Gasteiger partial charge on any atom is 0.216 e. The topological polar surface area (TPSA) is 64.6 Å². The second-order valence-corrected chi connectivity index (χ2v) is 8.05. The fourth-order valence-corrected chi connectivity index (χ4v) is 4.32. The molecule has 25 heavy (non-hydrogen) atoms. The zero-order valence-electron chi connectivity index (χ0n) is 14.0. The highest BCUT2D eigenvalue weighted by molar-refractivity contribution is 7.88. The van der Waals surface area contributed by atoms with Gasteiger partial charge in [-0.2, -0.15) is 0 Å². The second-order valence-electron chi connectivity index (χ2n) is 5.45. The number of hydrogen-bond acceptors (Lipinski definition) is 4. The van der Waals surface area contributed by atoms with Crippen molar-refractivity contribution in [1.82, 2.24) is 4.72 Å². The fourth-order valence-electron chi connectivity index (χ4n) is 2.34. The molecule has 0 aliphatic heterocycles. The van der Waals surface area contributed by atoms with E-state index in [2.05, 4.69) is 4.72 Å². The summed E-state index contributed by atoms with van der Waals surface area (Å²) >= 11 is 11.9. The van der Waals surface area contributed by atoms with Crippen LogP contribution in [0.3, 0.4) is 0 Å². The van der Waals surface area contributed by atoms with Gasteiger partial charge in [-0.1, -0.05) is 35.3 Å². The molecular formula is C17H19Cl2NO4S. The lowest BCUT2D eigenvalue weighted by Gasteiger charge is -2.17. The van der Waals surface area contributed by atoms with Gasteiger partial charge in [-0.25, -0.2) is 13.1 Å². The molecule has 2 aromatic rings. The first-order valence-electron chi connectivity index (χ1n) is 7.41. The minimum Gasteiger partial charge on any atom is -0.493 e. The van der Waals surface area contributed by atoms with Crippen LogP contribution < -0.4 is 14.2 Å². The maximum atomic E-state index is 12.4. The molecule has 136 valence electrons. The van der Waals surface area contributed by atoms with E-state index in [4.69, 9.17) is 32.7 Å². The van der Waals surface area contributed by atoms with E-state index in [1.165, 1.54) is 13.2 Å². The molecule has 0 radical (unpaired) electrons. The Kier molecular flexibility index (Phi) is 6.57. The van der Waals surface area contributed by atoms with Crippen LogP contribution in [0.15, 0.2) is 36.4 Å². The van der Waals surface area contributed by atoms with Gasteiger partial charge in [0, 0.05) is 16.1 Å². The van der Waals surface area contributed by atoms with Gasteiger partial charge in [-0.15, -0.1) is 0 Å². The number of hydrogen-bond donors (Lipinski definition) is 1. The van der Waals surface area contributed by atoms with E-state index >= 15 is 0 Å². The molecular weight excluding hydrogens is 385 g/mol. The molecule has 0 saturated carbocycles. The van der Waals surface area contributed by atoms with Crippen LogP contribution in [0, 0.1) is 0 Å². The molecule has 0 heterocycles. The van der Waals surface area contributed by atoms with Crippen molar-refractivity contribution in [3.63, 3.8) is 0 Å². The predicted molar refractivity (Wildman–Crippen MR) is 100 cm³/mol. The number of halogens is 2. The zero-order chi connectivity index (χ0) is 18.6. The highest BCUT2D eigenvalue weighted by Crippen LogP contribution is 2.30. The molecule has 8 heteroatoms. The molecule has 0 aliphatic carbocycles. The van der Waals surface area contributed by atoms with Crippen molar-refractivity contribution >= 4 is 33.2 Å². The van der Waals surface area contributed by atoms with Crippen LogP contribution in [-0.2, 0) is 15.8 Å². The summed E-state index contributed by atoms with van der Waals surface area (Å²) in [6.07, 6.45) is 0. The lowest BCUT2D eigenvalue weighted by Crippen LogP contribution is -2.28. The largest absolute Gasteiger partial charge is 0.493 e. The summed E-state index contributed by atoms with van der Waals surface area (Å²) in [6, 6.07) is 9.53. The number of ether oxygens (including phenoxy) is 2. The average Bonchev–Trinajstić information content (AvgIpc) is 2.56. The Labute approximate surface area is 157 Å². The molecule has 0 unspecified atom stereocenters. The van der Waals surface area contributed by atoms with E-state index in [0.717, 1.165) is 5.56 Å². The molecule has 0 amide bonds. The molecule has 0 bridgehead atoms. The number of benzene rings is 2. The standard InChI is InChI=1S/C17H19Cl2NO4S/c1-11(12-5-7-16(23-2)17(8-12)24-3)20-25(21,22)10-13-4-6-14(18)9-15(13)19/h4-9,11,20H,10H2,1-3H3/t11-/m0/s1. The van der Waals surface area contributed by atoms with Gasteiger partial charge >= 0.3 is 0 Å². The van der Waals surface area contributed by atoms with Crippen molar-refractivity contribution in [2.75, 3.05) is 14.2 Å². The number of nitrogens with one attached hydrogen (secondary N) is 1. The molecule has 0 spiro atoms. The SMILES string of the molecule is COc1ccc([C@H](C)NS(=O)(=O)Cc2ccc(Cl)cc2Cl)cc1OC. The summed E-state index contributed by atoms with van der Waals surface area (Å²) in [5.41, 5.74) is 1.24. The summed E-state index contributed by atoms with van der Waals surface area (Å²) in [7, 11) is -0.534. The van der Waals surface area contributed by atoms with E-state index < -0.39 is 16.1 Å². The number of rotatable bonds is 7. The van der Waals surface area contributed by atoms with Gasteiger partial charge in [-0.3, -0.25) is 0 Å². The van der Waals surface area contributed by atoms with Gasteiger partial charge in [-0.05, 0) is 42.3 Å². The summed E-state index contributed by atoms with van der Waals surface area (Å²) < 4.78 is 37.9. The third-order valence-electron chi connectivity index (χ3n) is 3.62. The summed E-state index contributed by atoms with van der Waals surface area (Å²) in [5.74, 6) is 0.877. The lowest BCUT2D eigenvalue weighted by molar-refractivity contribution is 0.354. The van der Waals surface area contributed by atoms with Crippen molar-refractivity contribution in [3.05, 3.63) is 57.6 Å². The minimum absolute atomic E-state index is 0.235. The maximum absolute atomic E-state index is 12.4. The number of methoxy groups -OCH3 is 2. The van der Waals surface area contributed by atoms with Gasteiger partial charge < -0.3 is 9.47 Å². The summed E-state index contributed by atoms with van der Waals surface area (Å²) in [6.45, 7) is 1.75. The van der Waals surface area contributed by atoms with Crippen LogP contribution in [-0.4, -0.2) is 22.6 Å². The minimum atomic E-state index is -3.60. The highest BCUT2D eigenvalue weighted by atomic mass is 35.5. The van der Waals surface area contributed by atoms with Crippen LogP contribution in [0.4, 0.5) is 0 Å². The Bertz CT molecular complexity index is 856. The molecule has 1 atom stereocenters. The first-order valence-corrected chi connectivity index (χ1v) is 9.82. The van der Waals surface area contributed by atoms with Gasteiger partial charge in [0.25, 0.3) is 0 Å². The van der Waals surface area contributed by atoms with Gasteiger partial charge in [0.15, 0.2) is 11.5 Å². The molecule has 1 N–H and O–H groups in total. The second kappa shape index (κ2) is 8.27. The Morgan fingerprint density at radius 3 is 2.32 bits per heavy atom. The van der Waals surface area contributed by atoms with Crippen molar-refractivity contribution in [3.8, 4) is 11.5 Å². The first kappa shape index (κ1) is 19.8. The Morgan fingerprint density at radius 1 is 1.04 bits per heavy atom. The molecule has 0 aromatic heterocycles.